The van der Waals surface area contributed by atoms with E-state index >= 15 is 0 Å². The fourth-order valence-electron chi connectivity index (χ4n) is 2.61. The summed E-state index contributed by atoms with van der Waals surface area (Å²) in [5.74, 6) is -0.256. The zero-order valence-corrected chi connectivity index (χ0v) is 13.8. The molecule has 126 valence electrons. The van der Waals surface area contributed by atoms with Crippen molar-refractivity contribution in [1.82, 2.24) is 0 Å². The molecule has 0 aliphatic heterocycles. The molecule has 1 unspecified atom stereocenters. The van der Waals surface area contributed by atoms with Crippen molar-refractivity contribution in [2.24, 2.45) is 0 Å². The minimum absolute atomic E-state index is 0.00310. The van der Waals surface area contributed by atoms with Gasteiger partial charge in [-0.1, -0.05) is 37.3 Å². The second-order valence-corrected chi connectivity index (χ2v) is 5.67. The third-order valence-electron chi connectivity index (χ3n) is 3.73. The number of amides is 1. The van der Waals surface area contributed by atoms with Crippen molar-refractivity contribution in [2.45, 2.75) is 25.7 Å². The minimum Gasteiger partial charge on any atom is -0.496 e. The monoisotopic (exact) mass is 327 g/mol. The number of carbonyl (C=O) groups excluding carboxylic acids is 1. The van der Waals surface area contributed by atoms with Crippen LogP contribution in [0.4, 0.5) is 5.69 Å². The highest BCUT2D eigenvalue weighted by Crippen LogP contribution is 2.28. The molecule has 2 aromatic carbocycles. The maximum atomic E-state index is 12.3. The first kappa shape index (κ1) is 17.5. The first-order valence-corrected chi connectivity index (χ1v) is 7.73. The van der Waals surface area contributed by atoms with Crippen molar-refractivity contribution >= 4 is 17.6 Å². The lowest BCUT2D eigenvalue weighted by atomic mass is 9.96. The van der Waals surface area contributed by atoms with Gasteiger partial charge in [0.05, 0.1) is 13.5 Å². The summed E-state index contributed by atoms with van der Waals surface area (Å²) in [6, 6.07) is 14.5. The van der Waals surface area contributed by atoms with Crippen LogP contribution in [0.25, 0.3) is 0 Å². The van der Waals surface area contributed by atoms with Crippen LogP contribution in [-0.4, -0.2) is 24.1 Å². The summed E-state index contributed by atoms with van der Waals surface area (Å²) in [4.78, 5) is 23.0. The number of anilines is 1. The first-order chi connectivity index (χ1) is 11.5. The van der Waals surface area contributed by atoms with Gasteiger partial charge in [0.25, 0.3) is 0 Å². The molecule has 0 bridgehead atoms. The topological polar surface area (TPSA) is 75.6 Å². The Bertz CT molecular complexity index is 727. The molecule has 0 radical (unpaired) electrons. The number of carboxylic acids is 1. The zero-order valence-electron chi connectivity index (χ0n) is 13.8. The molecule has 2 rings (SSSR count). The van der Waals surface area contributed by atoms with Crippen molar-refractivity contribution < 1.29 is 19.4 Å². The molecule has 24 heavy (non-hydrogen) atoms. The van der Waals surface area contributed by atoms with E-state index in [4.69, 9.17) is 9.84 Å². The van der Waals surface area contributed by atoms with Crippen molar-refractivity contribution in [2.75, 3.05) is 12.4 Å². The van der Waals surface area contributed by atoms with E-state index in [2.05, 4.69) is 5.32 Å². The largest absolute Gasteiger partial charge is 0.496 e. The summed E-state index contributed by atoms with van der Waals surface area (Å²) in [5.41, 5.74) is 2.24. The molecule has 0 aromatic heterocycles. The molecule has 2 N–H and O–H groups in total. The first-order valence-electron chi connectivity index (χ1n) is 7.73. The zero-order chi connectivity index (χ0) is 17.5. The molecule has 1 atom stereocenters. The molecule has 1 amide bonds. The van der Waals surface area contributed by atoms with Crippen molar-refractivity contribution in [3.8, 4) is 5.75 Å². The Kier molecular flexibility index (Phi) is 5.95. The Hall–Kier alpha value is -2.82. The molecule has 0 fully saturated rings. The predicted molar refractivity (Wildman–Crippen MR) is 92.4 cm³/mol. The Labute approximate surface area is 141 Å². The highest BCUT2D eigenvalue weighted by atomic mass is 16.5. The van der Waals surface area contributed by atoms with Crippen LogP contribution in [-0.2, 0) is 16.0 Å². The van der Waals surface area contributed by atoms with Gasteiger partial charge in [-0.2, -0.15) is 0 Å². The molecule has 5 heteroatoms. The van der Waals surface area contributed by atoms with Crippen LogP contribution in [0.3, 0.4) is 0 Å². The maximum Gasteiger partial charge on any atom is 0.307 e. The van der Waals surface area contributed by atoms with Crippen LogP contribution < -0.4 is 10.1 Å². The normalized spacial score (nSPS) is 11.6. The van der Waals surface area contributed by atoms with Gasteiger partial charge < -0.3 is 15.2 Å². The van der Waals surface area contributed by atoms with E-state index in [9.17, 15) is 9.59 Å². The lowest BCUT2D eigenvalue weighted by Gasteiger charge is -2.15. The number of rotatable bonds is 7. The summed E-state index contributed by atoms with van der Waals surface area (Å²) in [6.07, 6.45) is 0.241. The van der Waals surface area contributed by atoms with Crippen LogP contribution in [0.2, 0.25) is 0 Å². The number of para-hydroxylation sites is 1. The fraction of sp³-hybridized carbons (Fsp3) is 0.263. The molecule has 2 aromatic rings. The molecule has 0 heterocycles. The third-order valence-corrected chi connectivity index (χ3v) is 3.73. The van der Waals surface area contributed by atoms with Crippen molar-refractivity contribution in [1.29, 1.82) is 0 Å². The van der Waals surface area contributed by atoms with Gasteiger partial charge in [-0.15, -0.1) is 0 Å². The van der Waals surface area contributed by atoms with E-state index in [1.807, 2.05) is 31.2 Å². The van der Waals surface area contributed by atoms with E-state index in [1.54, 1.807) is 31.4 Å². The lowest BCUT2D eigenvalue weighted by molar-refractivity contribution is -0.136. The summed E-state index contributed by atoms with van der Waals surface area (Å²) < 4.78 is 5.33. The second kappa shape index (κ2) is 8.15. The Morgan fingerprint density at radius 2 is 1.92 bits per heavy atom. The van der Waals surface area contributed by atoms with Gasteiger partial charge in [-0.25, -0.2) is 0 Å². The summed E-state index contributed by atoms with van der Waals surface area (Å²) >= 11 is 0. The molecular weight excluding hydrogens is 306 g/mol. The van der Waals surface area contributed by atoms with E-state index in [1.165, 1.54) is 0 Å². The molecule has 0 spiro atoms. The molecular formula is C19H21NO4. The van der Waals surface area contributed by atoms with E-state index in [0.29, 0.717) is 17.7 Å². The van der Waals surface area contributed by atoms with Gasteiger partial charge in [-0.3, -0.25) is 9.59 Å². The van der Waals surface area contributed by atoms with Crippen LogP contribution in [0.15, 0.2) is 48.5 Å². The minimum atomic E-state index is -0.900. The molecule has 0 aliphatic carbocycles. The van der Waals surface area contributed by atoms with Crippen molar-refractivity contribution in [3.05, 3.63) is 59.7 Å². The number of carbonyl (C=O) groups is 2. The summed E-state index contributed by atoms with van der Waals surface area (Å²) in [6.45, 7) is 1.97. The van der Waals surface area contributed by atoms with Gasteiger partial charge in [-0.05, 0) is 35.2 Å². The molecule has 0 saturated heterocycles. The number of hydrogen-bond acceptors (Lipinski definition) is 3. The van der Waals surface area contributed by atoms with Gasteiger partial charge >= 0.3 is 5.97 Å². The van der Waals surface area contributed by atoms with E-state index in [0.717, 1.165) is 11.3 Å². The fourth-order valence-corrected chi connectivity index (χ4v) is 2.61. The predicted octanol–water partition coefficient (Wildman–Crippen LogP) is 3.45. The number of hydrogen-bond donors (Lipinski definition) is 2. The SMILES string of the molecule is COc1ccccc1C(C)CC(=O)Nc1cccc(CC(=O)O)c1. The lowest BCUT2D eigenvalue weighted by Crippen LogP contribution is -2.15. The summed E-state index contributed by atoms with van der Waals surface area (Å²) in [5, 5.41) is 11.7. The van der Waals surface area contributed by atoms with Crippen LogP contribution in [0, 0.1) is 0 Å². The van der Waals surface area contributed by atoms with Crippen LogP contribution in [0.5, 0.6) is 5.75 Å². The Morgan fingerprint density at radius 3 is 2.62 bits per heavy atom. The number of ether oxygens (including phenoxy) is 1. The van der Waals surface area contributed by atoms with Gasteiger partial charge in [0.1, 0.15) is 5.75 Å². The Morgan fingerprint density at radius 1 is 1.17 bits per heavy atom. The number of aliphatic carboxylic acids is 1. The highest BCUT2D eigenvalue weighted by Gasteiger charge is 2.15. The van der Waals surface area contributed by atoms with Crippen molar-refractivity contribution in [3.63, 3.8) is 0 Å². The number of methoxy groups -OCH3 is 1. The number of nitrogens with one attached hydrogen (secondary N) is 1. The number of benzene rings is 2. The third kappa shape index (κ3) is 4.84. The number of carboxylic acid groups (broad SMARTS) is 1. The standard InChI is InChI=1S/C19H21NO4/c1-13(16-8-3-4-9-17(16)24-2)10-18(21)20-15-7-5-6-14(11-15)12-19(22)23/h3-9,11,13H,10,12H2,1-2H3,(H,20,21)(H,22,23). The smallest absolute Gasteiger partial charge is 0.307 e. The van der Waals surface area contributed by atoms with Crippen LogP contribution in [0.1, 0.15) is 30.4 Å². The molecule has 5 nitrogen and oxygen atoms in total. The van der Waals surface area contributed by atoms with Gasteiger partial charge in [0, 0.05) is 12.1 Å². The van der Waals surface area contributed by atoms with Gasteiger partial charge in [0.15, 0.2) is 0 Å². The average molecular weight is 327 g/mol. The second-order valence-electron chi connectivity index (χ2n) is 5.67. The maximum absolute atomic E-state index is 12.3. The quantitative estimate of drug-likeness (QED) is 0.816. The molecule has 0 saturated carbocycles. The van der Waals surface area contributed by atoms with E-state index < -0.39 is 5.97 Å². The average Bonchev–Trinajstić information content (AvgIpc) is 2.54. The van der Waals surface area contributed by atoms with E-state index in [-0.39, 0.29) is 18.2 Å². The highest BCUT2D eigenvalue weighted by molar-refractivity contribution is 5.91. The van der Waals surface area contributed by atoms with Gasteiger partial charge in [0.2, 0.25) is 5.91 Å². The Balaban J connectivity index is 2.01. The molecule has 0 aliphatic rings. The van der Waals surface area contributed by atoms with Crippen LogP contribution >= 0.6 is 0 Å². The summed E-state index contributed by atoms with van der Waals surface area (Å²) in [7, 11) is 1.61.